The van der Waals surface area contributed by atoms with Crippen molar-refractivity contribution in [2.45, 2.75) is 32.7 Å². The minimum atomic E-state index is -3.68. The van der Waals surface area contributed by atoms with Crippen molar-refractivity contribution in [1.82, 2.24) is 5.32 Å². The monoisotopic (exact) mass is 438 g/mol. The first-order valence-electron chi connectivity index (χ1n) is 9.46. The van der Waals surface area contributed by atoms with Crippen LogP contribution in [0.15, 0.2) is 48.5 Å². The number of halogens is 1. The number of ether oxygens (including phenoxy) is 1. The smallest absolute Gasteiger partial charge is 0.243 e. The van der Waals surface area contributed by atoms with E-state index in [4.69, 9.17) is 16.3 Å². The second kappa shape index (κ2) is 10.5. The van der Waals surface area contributed by atoms with Gasteiger partial charge < -0.3 is 10.1 Å². The number of amides is 1. The molecule has 1 amide bonds. The normalized spacial score (nSPS) is 12.3. The summed E-state index contributed by atoms with van der Waals surface area (Å²) in [7, 11) is -3.68. The molecule has 29 heavy (non-hydrogen) atoms. The molecule has 0 aliphatic carbocycles. The highest BCUT2D eigenvalue weighted by atomic mass is 35.5. The zero-order valence-electron chi connectivity index (χ0n) is 16.9. The fourth-order valence-corrected chi connectivity index (χ4v) is 4.31. The van der Waals surface area contributed by atoms with Gasteiger partial charge in [0.05, 0.1) is 18.5 Å². The van der Waals surface area contributed by atoms with Crippen LogP contribution in [-0.4, -0.2) is 39.8 Å². The predicted octanol–water partition coefficient (Wildman–Crippen LogP) is 3.64. The van der Waals surface area contributed by atoms with E-state index in [2.05, 4.69) is 12.2 Å². The van der Waals surface area contributed by atoms with Gasteiger partial charge in [-0.15, -0.1) is 0 Å². The molecule has 0 saturated heterocycles. The number of aryl methyl sites for hydroxylation is 1. The molecule has 6 nitrogen and oxygen atoms in total. The summed E-state index contributed by atoms with van der Waals surface area (Å²) in [6.45, 7) is 4.20. The van der Waals surface area contributed by atoms with Crippen molar-refractivity contribution in [3.8, 4) is 5.75 Å². The number of hydrogen-bond donors (Lipinski definition) is 1. The van der Waals surface area contributed by atoms with Crippen molar-refractivity contribution >= 4 is 33.2 Å². The number of benzene rings is 2. The van der Waals surface area contributed by atoms with Gasteiger partial charge in [-0.25, -0.2) is 8.42 Å². The van der Waals surface area contributed by atoms with E-state index in [-0.39, 0.29) is 13.2 Å². The van der Waals surface area contributed by atoms with Crippen molar-refractivity contribution < 1.29 is 17.9 Å². The molecule has 0 spiro atoms. The zero-order chi connectivity index (χ0) is 21.4. The van der Waals surface area contributed by atoms with Gasteiger partial charge in [-0.05, 0) is 49.2 Å². The van der Waals surface area contributed by atoms with Crippen molar-refractivity contribution in [1.29, 1.82) is 0 Å². The summed E-state index contributed by atoms with van der Waals surface area (Å²) in [6, 6.07) is 13.3. The fraction of sp³-hybridized carbons (Fsp3) is 0.381. The molecular formula is C21H27ClN2O4S. The van der Waals surface area contributed by atoms with Gasteiger partial charge >= 0.3 is 0 Å². The molecule has 0 aliphatic rings. The Morgan fingerprint density at radius 1 is 1.21 bits per heavy atom. The molecule has 0 fully saturated rings. The Labute approximate surface area is 177 Å². The maximum atomic E-state index is 12.5. The molecule has 0 unspecified atom stereocenters. The Bertz CT molecular complexity index is 917. The lowest BCUT2D eigenvalue weighted by Crippen LogP contribution is -2.48. The summed E-state index contributed by atoms with van der Waals surface area (Å²) in [5.74, 6) is 0.307. The summed E-state index contributed by atoms with van der Waals surface area (Å²) < 4.78 is 31.2. The maximum Gasteiger partial charge on any atom is 0.243 e. The minimum Gasteiger partial charge on any atom is -0.492 e. The minimum absolute atomic E-state index is 0.257. The number of carbonyl (C=O) groups excluding carboxylic acids is 1. The topological polar surface area (TPSA) is 75.7 Å². The quantitative estimate of drug-likeness (QED) is 0.574. The van der Waals surface area contributed by atoms with Crippen LogP contribution in [-0.2, 0) is 21.2 Å². The van der Waals surface area contributed by atoms with Crippen molar-refractivity contribution in [3.63, 3.8) is 0 Å². The molecule has 2 aromatic carbocycles. The largest absolute Gasteiger partial charge is 0.492 e. The first-order valence-corrected chi connectivity index (χ1v) is 11.7. The van der Waals surface area contributed by atoms with E-state index in [9.17, 15) is 13.2 Å². The van der Waals surface area contributed by atoms with Crippen LogP contribution >= 0.6 is 11.6 Å². The first-order chi connectivity index (χ1) is 13.7. The van der Waals surface area contributed by atoms with Gasteiger partial charge in [0, 0.05) is 5.02 Å². The van der Waals surface area contributed by atoms with Gasteiger partial charge in [-0.1, -0.05) is 43.1 Å². The molecule has 0 aromatic heterocycles. The van der Waals surface area contributed by atoms with Gasteiger partial charge in [0.2, 0.25) is 15.9 Å². The molecule has 1 atom stereocenters. The van der Waals surface area contributed by atoms with E-state index in [0.29, 0.717) is 10.7 Å². The number of hydrogen-bond acceptors (Lipinski definition) is 4. The van der Waals surface area contributed by atoms with Gasteiger partial charge in [-0.2, -0.15) is 0 Å². The molecular weight excluding hydrogens is 412 g/mol. The van der Waals surface area contributed by atoms with Gasteiger partial charge in [0.15, 0.2) is 0 Å². The second-order valence-corrected chi connectivity index (χ2v) is 9.04. The molecule has 0 aliphatic heterocycles. The third kappa shape index (κ3) is 6.94. The molecule has 0 heterocycles. The lowest BCUT2D eigenvalue weighted by molar-refractivity contribution is -0.121. The highest BCUT2D eigenvalue weighted by Gasteiger charge is 2.29. The molecule has 8 heteroatoms. The van der Waals surface area contributed by atoms with E-state index in [1.165, 1.54) is 18.6 Å². The number of anilines is 1. The van der Waals surface area contributed by atoms with Crippen molar-refractivity contribution in [3.05, 3.63) is 59.1 Å². The van der Waals surface area contributed by atoms with Crippen LogP contribution in [0.2, 0.25) is 5.02 Å². The third-order valence-electron chi connectivity index (χ3n) is 4.28. The molecule has 2 rings (SSSR count). The lowest BCUT2D eigenvalue weighted by atomic mass is 10.1. The van der Waals surface area contributed by atoms with Crippen LogP contribution < -0.4 is 14.4 Å². The Morgan fingerprint density at radius 2 is 1.90 bits per heavy atom. The SMILES string of the molecule is CCCc1ccc(OCCNC(=O)[C@H](C)N(c2cccc(Cl)c2)S(C)(=O)=O)cc1. The van der Waals surface area contributed by atoms with Crippen molar-refractivity contribution in [2.24, 2.45) is 0 Å². The second-order valence-electron chi connectivity index (χ2n) is 6.75. The standard InChI is InChI=1S/C21H27ClN2O4S/c1-4-6-17-9-11-20(12-10-17)28-14-13-23-21(25)16(2)24(29(3,26)27)19-8-5-7-18(22)15-19/h5,7-12,15-16H,4,6,13-14H2,1-3H3,(H,23,25)/t16-/m0/s1. The average Bonchev–Trinajstić information content (AvgIpc) is 2.65. The molecule has 0 bridgehead atoms. The summed E-state index contributed by atoms with van der Waals surface area (Å²) in [5.41, 5.74) is 1.59. The number of carbonyl (C=O) groups is 1. The van der Waals surface area contributed by atoms with Crippen LogP contribution in [0.3, 0.4) is 0 Å². The highest BCUT2D eigenvalue weighted by Crippen LogP contribution is 2.24. The molecule has 2 aromatic rings. The van der Waals surface area contributed by atoms with E-state index in [1.54, 1.807) is 18.2 Å². The summed E-state index contributed by atoms with van der Waals surface area (Å²) in [6.07, 6.45) is 3.17. The van der Waals surface area contributed by atoms with E-state index in [0.717, 1.165) is 29.2 Å². The van der Waals surface area contributed by atoms with Gasteiger partial charge in [-0.3, -0.25) is 9.10 Å². The number of nitrogens with one attached hydrogen (secondary N) is 1. The summed E-state index contributed by atoms with van der Waals surface area (Å²) in [4.78, 5) is 12.5. The average molecular weight is 439 g/mol. The van der Waals surface area contributed by atoms with E-state index < -0.39 is 22.0 Å². The van der Waals surface area contributed by atoms with E-state index >= 15 is 0 Å². The Kier molecular flexibility index (Phi) is 8.34. The number of sulfonamides is 1. The van der Waals surface area contributed by atoms with Crippen LogP contribution in [0.5, 0.6) is 5.75 Å². The number of nitrogens with zero attached hydrogens (tertiary/aromatic N) is 1. The molecule has 1 N–H and O–H groups in total. The first kappa shape index (κ1) is 23.0. The Hall–Kier alpha value is -2.25. The zero-order valence-corrected chi connectivity index (χ0v) is 18.5. The third-order valence-corrected chi connectivity index (χ3v) is 5.76. The van der Waals surface area contributed by atoms with E-state index in [1.807, 2.05) is 24.3 Å². The summed E-state index contributed by atoms with van der Waals surface area (Å²) in [5, 5.41) is 3.11. The molecule has 0 radical (unpaired) electrons. The lowest BCUT2D eigenvalue weighted by Gasteiger charge is -2.28. The molecule has 0 saturated carbocycles. The van der Waals surface area contributed by atoms with Crippen LogP contribution in [0.1, 0.15) is 25.8 Å². The van der Waals surface area contributed by atoms with Gasteiger partial charge in [0.25, 0.3) is 0 Å². The Morgan fingerprint density at radius 3 is 2.48 bits per heavy atom. The van der Waals surface area contributed by atoms with Crippen LogP contribution in [0.25, 0.3) is 0 Å². The Balaban J connectivity index is 1.92. The summed E-state index contributed by atoms with van der Waals surface area (Å²) >= 11 is 5.97. The maximum absolute atomic E-state index is 12.5. The predicted molar refractivity (Wildman–Crippen MR) is 117 cm³/mol. The van der Waals surface area contributed by atoms with Crippen molar-refractivity contribution in [2.75, 3.05) is 23.7 Å². The van der Waals surface area contributed by atoms with Crippen LogP contribution in [0.4, 0.5) is 5.69 Å². The number of rotatable bonds is 10. The highest BCUT2D eigenvalue weighted by molar-refractivity contribution is 7.92. The van der Waals surface area contributed by atoms with Crippen LogP contribution in [0, 0.1) is 0 Å². The van der Waals surface area contributed by atoms with Gasteiger partial charge in [0.1, 0.15) is 18.4 Å². The molecule has 158 valence electrons. The fourth-order valence-electron chi connectivity index (χ4n) is 2.95.